The van der Waals surface area contributed by atoms with E-state index in [1.807, 2.05) is 0 Å². The predicted octanol–water partition coefficient (Wildman–Crippen LogP) is -0.0166. The lowest BCUT2D eigenvalue weighted by atomic mass is 10.6. The van der Waals surface area contributed by atoms with Gasteiger partial charge >= 0.3 is 5.97 Å². The summed E-state index contributed by atoms with van der Waals surface area (Å²) < 4.78 is 29.8. The number of aromatic amines is 1. The normalized spacial score (nSPS) is 11.7. The Morgan fingerprint density at radius 3 is 2.71 bits per heavy atom. The number of ether oxygens (including phenoxy) is 1. The third-order valence-corrected chi connectivity index (χ3v) is 3.96. The average molecular weight is 261 g/mol. The monoisotopic (exact) mass is 261 g/mol. The molecule has 0 saturated heterocycles. The van der Waals surface area contributed by atoms with Crippen molar-refractivity contribution in [3.05, 3.63) is 12.4 Å². The lowest BCUT2D eigenvalue weighted by Gasteiger charge is -2.18. The maximum Gasteiger partial charge on any atom is 0.321 e. The van der Waals surface area contributed by atoms with Gasteiger partial charge in [0.2, 0.25) is 10.0 Å². The number of carbonyl (C=O) groups excluding carboxylic acids is 1. The van der Waals surface area contributed by atoms with Crippen LogP contribution in [0, 0.1) is 0 Å². The largest absolute Gasteiger partial charge is 0.465 e. The Morgan fingerprint density at radius 1 is 1.53 bits per heavy atom. The van der Waals surface area contributed by atoms with Crippen LogP contribution >= 0.6 is 0 Å². The molecule has 0 spiro atoms. The summed E-state index contributed by atoms with van der Waals surface area (Å²) in [6.07, 6.45) is 2.46. The highest BCUT2D eigenvalue weighted by molar-refractivity contribution is 7.89. The first-order chi connectivity index (χ1) is 8.02. The first kappa shape index (κ1) is 13.7. The number of nitrogens with zero attached hydrogens (tertiary/aromatic N) is 2. The van der Waals surface area contributed by atoms with Gasteiger partial charge in [0.15, 0.2) is 0 Å². The number of sulfonamides is 1. The van der Waals surface area contributed by atoms with E-state index < -0.39 is 16.0 Å². The summed E-state index contributed by atoms with van der Waals surface area (Å²) in [7, 11) is -3.68. The summed E-state index contributed by atoms with van der Waals surface area (Å²) >= 11 is 0. The number of H-pyrrole nitrogens is 1. The van der Waals surface area contributed by atoms with E-state index in [1.165, 1.54) is 12.4 Å². The molecule has 0 aromatic carbocycles. The Morgan fingerprint density at radius 2 is 2.24 bits per heavy atom. The van der Waals surface area contributed by atoms with Gasteiger partial charge in [0.1, 0.15) is 11.4 Å². The Kier molecular flexibility index (Phi) is 4.64. The van der Waals surface area contributed by atoms with E-state index in [2.05, 4.69) is 10.2 Å². The van der Waals surface area contributed by atoms with Gasteiger partial charge in [-0.1, -0.05) is 6.92 Å². The first-order valence-electron chi connectivity index (χ1n) is 5.17. The Hall–Kier alpha value is -1.41. The van der Waals surface area contributed by atoms with Gasteiger partial charge in [-0.2, -0.15) is 9.40 Å². The highest BCUT2D eigenvalue weighted by atomic mass is 32.2. The molecule has 96 valence electrons. The van der Waals surface area contributed by atoms with Crippen LogP contribution in [0.3, 0.4) is 0 Å². The number of esters is 1. The van der Waals surface area contributed by atoms with Crippen molar-refractivity contribution in [1.29, 1.82) is 0 Å². The van der Waals surface area contributed by atoms with E-state index in [9.17, 15) is 13.2 Å². The minimum atomic E-state index is -3.68. The average Bonchev–Trinajstić information content (AvgIpc) is 2.80. The molecule has 0 aliphatic rings. The van der Waals surface area contributed by atoms with Gasteiger partial charge in [-0.3, -0.25) is 9.89 Å². The molecule has 1 aromatic heterocycles. The van der Waals surface area contributed by atoms with Crippen LogP contribution < -0.4 is 0 Å². The Balaban J connectivity index is 2.84. The van der Waals surface area contributed by atoms with Crippen molar-refractivity contribution < 1.29 is 17.9 Å². The van der Waals surface area contributed by atoms with Gasteiger partial charge in [0.25, 0.3) is 0 Å². The molecule has 0 unspecified atom stereocenters. The van der Waals surface area contributed by atoms with E-state index >= 15 is 0 Å². The molecule has 0 aliphatic carbocycles. The molecule has 0 atom stereocenters. The number of carbonyl (C=O) groups is 1. The maximum absolute atomic E-state index is 12.0. The summed E-state index contributed by atoms with van der Waals surface area (Å²) in [5.74, 6) is -0.568. The van der Waals surface area contributed by atoms with Gasteiger partial charge in [0, 0.05) is 12.7 Å². The fourth-order valence-corrected chi connectivity index (χ4v) is 2.55. The SMILES string of the molecule is CCOC(=O)CN(CC)S(=O)(=O)c1cn[nH]c1. The molecule has 8 heteroatoms. The van der Waals surface area contributed by atoms with Gasteiger partial charge in [0.05, 0.1) is 12.8 Å². The second-order valence-corrected chi connectivity index (χ2v) is 5.11. The second-order valence-electron chi connectivity index (χ2n) is 3.17. The molecule has 17 heavy (non-hydrogen) atoms. The molecule has 0 amide bonds. The third-order valence-electron chi connectivity index (χ3n) is 2.07. The fraction of sp³-hybridized carbons (Fsp3) is 0.556. The zero-order chi connectivity index (χ0) is 12.9. The number of hydrogen-bond acceptors (Lipinski definition) is 5. The zero-order valence-electron chi connectivity index (χ0n) is 9.71. The number of nitrogens with one attached hydrogen (secondary N) is 1. The van der Waals surface area contributed by atoms with Crippen LogP contribution in [-0.2, 0) is 19.6 Å². The van der Waals surface area contributed by atoms with Crippen LogP contribution in [0.2, 0.25) is 0 Å². The fourth-order valence-electron chi connectivity index (χ4n) is 1.25. The summed E-state index contributed by atoms with van der Waals surface area (Å²) in [5.41, 5.74) is 0. The van der Waals surface area contributed by atoms with E-state index in [-0.39, 0.29) is 24.6 Å². The van der Waals surface area contributed by atoms with Crippen molar-refractivity contribution in [2.75, 3.05) is 19.7 Å². The van der Waals surface area contributed by atoms with Crippen LogP contribution in [0.5, 0.6) is 0 Å². The van der Waals surface area contributed by atoms with Gasteiger partial charge in [-0.15, -0.1) is 0 Å². The Bertz CT molecular complexity index is 455. The highest BCUT2D eigenvalue weighted by Gasteiger charge is 2.26. The molecular weight excluding hydrogens is 246 g/mol. The molecule has 0 bridgehead atoms. The zero-order valence-corrected chi connectivity index (χ0v) is 10.5. The van der Waals surface area contributed by atoms with Crippen LogP contribution in [0.4, 0.5) is 0 Å². The van der Waals surface area contributed by atoms with Gasteiger partial charge in [-0.25, -0.2) is 8.42 Å². The number of likely N-dealkylation sites (N-methyl/N-ethyl adjacent to an activating group) is 1. The lowest BCUT2D eigenvalue weighted by molar-refractivity contribution is -0.143. The molecule has 0 fully saturated rings. The van der Waals surface area contributed by atoms with Crippen molar-refractivity contribution in [3.8, 4) is 0 Å². The van der Waals surface area contributed by atoms with Crippen molar-refractivity contribution in [3.63, 3.8) is 0 Å². The minimum absolute atomic E-state index is 0.0312. The van der Waals surface area contributed by atoms with Crippen LogP contribution in [0.1, 0.15) is 13.8 Å². The first-order valence-corrected chi connectivity index (χ1v) is 6.61. The van der Waals surface area contributed by atoms with E-state index in [1.54, 1.807) is 13.8 Å². The number of aromatic nitrogens is 2. The molecule has 1 N–H and O–H groups in total. The number of rotatable bonds is 6. The topological polar surface area (TPSA) is 92.4 Å². The highest BCUT2D eigenvalue weighted by Crippen LogP contribution is 2.13. The lowest BCUT2D eigenvalue weighted by Crippen LogP contribution is -2.36. The van der Waals surface area contributed by atoms with Crippen molar-refractivity contribution in [2.24, 2.45) is 0 Å². The van der Waals surface area contributed by atoms with E-state index in [0.29, 0.717) is 0 Å². The minimum Gasteiger partial charge on any atom is -0.465 e. The molecule has 0 saturated carbocycles. The van der Waals surface area contributed by atoms with Crippen molar-refractivity contribution in [1.82, 2.24) is 14.5 Å². The third kappa shape index (κ3) is 3.27. The molecule has 1 heterocycles. The standard InChI is InChI=1S/C9H15N3O4S/c1-3-12(7-9(13)16-4-2)17(14,15)8-5-10-11-6-8/h5-6H,3-4,7H2,1-2H3,(H,10,11). The smallest absolute Gasteiger partial charge is 0.321 e. The summed E-state index contributed by atoms with van der Waals surface area (Å²) in [6.45, 7) is 3.43. The molecule has 7 nitrogen and oxygen atoms in total. The predicted molar refractivity (Wildman–Crippen MR) is 59.7 cm³/mol. The maximum atomic E-state index is 12.0. The summed E-state index contributed by atoms with van der Waals surface area (Å²) in [5, 5.41) is 5.99. The molecule has 0 radical (unpaired) electrons. The van der Waals surface area contributed by atoms with E-state index in [4.69, 9.17) is 4.74 Å². The summed E-state index contributed by atoms with van der Waals surface area (Å²) in [6, 6.07) is 0. The van der Waals surface area contributed by atoms with Crippen LogP contribution in [-0.4, -0.2) is 48.6 Å². The Labute approximate surface area is 99.8 Å². The molecule has 1 rings (SSSR count). The van der Waals surface area contributed by atoms with Crippen LogP contribution in [0.15, 0.2) is 17.3 Å². The van der Waals surface area contributed by atoms with Gasteiger partial charge < -0.3 is 4.74 Å². The van der Waals surface area contributed by atoms with Crippen molar-refractivity contribution in [2.45, 2.75) is 18.7 Å². The van der Waals surface area contributed by atoms with E-state index in [0.717, 1.165) is 4.31 Å². The number of hydrogen-bond donors (Lipinski definition) is 1. The van der Waals surface area contributed by atoms with Crippen molar-refractivity contribution >= 4 is 16.0 Å². The summed E-state index contributed by atoms with van der Waals surface area (Å²) in [4.78, 5) is 11.3. The molecule has 1 aromatic rings. The van der Waals surface area contributed by atoms with Crippen LogP contribution in [0.25, 0.3) is 0 Å². The molecular formula is C9H15N3O4S. The second kappa shape index (κ2) is 5.78. The van der Waals surface area contributed by atoms with Gasteiger partial charge in [-0.05, 0) is 6.92 Å². The quantitative estimate of drug-likeness (QED) is 0.727. The molecule has 0 aliphatic heterocycles.